The Balaban J connectivity index is 1.89. The molecule has 0 saturated carbocycles. The van der Waals surface area contributed by atoms with Crippen molar-refractivity contribution < 1.29 is 9.59 Å². The smallest absolute Gasteiger partial charge is 0.320 e. The van der Waals surface area contributed by atoms with Gasteiger partial charge in [0.2, 0.25) is 5.91 Å². The van der Waals surface area contributed by atoms with Crippen molar-refractivity contribution in [1.82, 2.24) is 15.2 Å². The number of carbonyl (C=O) groups is 2. The summed E-state index contributed by atoms with van der Waals surface area (Å²) in [5.74, 6) is 0.464. The van der Waals surface area contributed by atoms with E-state index in [1.807, 2.05) is 20.8 Å². The number of nitrogens with one attached hydrogen (secondary N) is 2. The zero-order chi connectivity index (χ0) is 15.6. The Hall–Kier alpha value is -1.82. The molecular formula is C14H19ClN4O2. The first-order valence-corrected chi connectivity index (χ1v) is 7.13. The van der Waals surface area contributed by atoms with Crippen molar-refractivity contribution in [3.8, 4) is 0 Å². The molecule has 0 aromatic carbocycles. The minimum Gasteiger partial charge on any atom is -0.336 e. The molecule has 3 amide bonds. The van der Waals surface area contributed by atoms with E-state index < -0.39 is 0 Å². The van der Waals surface area contributed by atoms with Crippen molar-refractivity contribution in [2.75, 3.05) is 11.9 Å². The first-order chi connectivity index (χ1) is 9.75. The Bertz CT molecular complexity index is 539. The third kappa shape index (κ3) is 4.07. The average Bonchev–Trinajstić information content (AvgIpc) is 2.73. The van der Waals surface area contributed by atoms with Gasteiger partial charge in [-0.1, -0.05) is 11.6 Å². The predicted molar refractivity (Wildman–Crippen MR) is 81.3 cm³/mol. The van der Waals surface area contributed by atoms with E-state index in [9.17, 15) is 9.59 Å². The highest BCUT2D eigenvalue weighted by Crippen LogP contribution is 2.21. The third-order valence-corrected chi connectivity index (χ3v) is 3.46. The number of hydrogen-bond acceptors (Lipinski definition) is 3. The Labute approximate surface area is 128 Å². The highest BCUT2D eigenvalue weighted by molar-refractivity contribution is 6.30. The molecule has 6 nitrogen and oxygen atoms in total. The van der Waals surface area contributed by atoms with E-state index in [1.54, 1.807) is 17.0 Å². The van der Waals surface area contributed by atoms with Crippen LogP contribution in [0, 0.1) is 0 Å². The van der Waals surface area contributed by atoms with E-state index in [-0.39, 0.29) is 23.5 Å². The number of rotatable bonds is 2. The molecular weight excluding hydrogens is 292 g/mol. The summed E-state index contributed by atoms with van der Waals surface area (Å²) in [7, 11) is 0. The molecule has 1 aliphatic rings. The minimum absolute atomic E-state index is 0.0532. The Morgan fingerprint density at radius 3 is 2.67 bits per heavy atom. The molecule has 1 saturated heterocycles. The molecule has 1 fully saturated rings. The monoisotopic (exact) mass is 310 g/mol. The van der Waals surface area contributed by atoms with Gasteiger partial charge in [0.05, 0.1) is 11.1 Å². The van der Waals surface area contributed by atoms with Crippen LogP contribution in [0.3, 0.4) is 0 Å². The lowest BCUT2D eigenvalue weighted by Crippen LogP contribution is -2.45. The molecule has 1 unspecified atom stereocenters. The van der Waals surface area contributed by atoms with E-state index in [1.165, 1.54) is 6.20 Å². The molecule has 1 atom stereocenters. The van der Waals surface area contributed by atoms with Gasteiger partial charge in [0.25, 0.3) is 0 Å². The summed E-state index contributed by atoms with van der Waals surface area (Å²) in [6, 6.07) is 2.69. The third-order valence-electron chi connectivity index (χ3n) is 3.24. The van der Waals surface area contributed by atoms with E-state index >= 15 is 0 Å². The Kier molecular flexibility index (Phi) is 4.37. The normalized spacial score (nSPS) is 18.8. The van der Waals surface area contributed by atoms with Crippen LogP contribution in [-0.2, 0) is 4.79 Å². The maximum Gasteiger partial charge on any atom is 0.320 e. The zero-order valence-corrected chi connectivity index (χ0v) is 13.1. The lowest BCUT2D eigenvalue weighted by molar-refractivity contribution is -0.131. The molecule has 2 rings (SSSR count). The predicted octanol–water partition coefficient (Wildman–Crippen LogP) is 2.26. The molecule has 0 spiro atoms. The molecule has 0 radical (unpaired) electrons. The van der Waals surface area contributed by atoms with Crippen LogP contribution in [0.4, 0.5) is 10.6 Å². The standard InChI is InChI=1S/C14H19ClN4O2/c1-14(2,3)19-8-10(6-12(19)20)17-13(21)18-11-5-4-9(15)7-16-11/h4-5,7,10H,6,8H2,1-3H3,(H2,16,17,18,21). The second-order valence-corrected chi connectivity index (χ2v) is 6.47. The zero-order valence-electron chi connectivity index (χ0n) is 12.3. The van der Waals surface area contributed by atoms with Gasteiger partial charge in [-0.05, 0) is 32.9 Å². The second-order valence-electron chi connectivity index (χ2n) is 6.04. The number of hydrogen-bond donors (Lipinski definition) is 2. The molecule has 1 aliphatic heterocycles. The van der Waals surface area contributed by atoms with Crippen molar-refractivity contribution in [3.05, 3.63) is 23.4 Å². The van der Waals surface area contributed by atoms with Gasteiger partial charge in [-0.25, -0.2) is 9.78 Å². The minimum atomic E-state index is -0.376. The van der Waals surface area contributed by atoms with Crippen molar-refractivity contribution in [1.29, 1.82) is 0 Å². The topological polar surface area (TPSA) is 74.3 Å². The van der Waals surface area contributed by atoms with Gasteiger partial charge in [0, 0.05) is 24.7 Å². The van der Waals surface area contributed by atoms with E-state index in [0.717, 1.165) is 0 Å². The van der Waals surface area contributed by atoms with Crippen LogP contribution in [0.5, 0.6) is 0 Å². The highest BCUT2D eigenvalue weighted by atomic mass is 35.5. The Morgan fingerprint density at radius 1 is 1.43 bits per heavy atom. The summed E-state index contributed by atoms with van der Waals surface area (Å²) in [5.41, 5.74) is -0.234. The number of carbonyl (C=O) groups excluding carboxylic acids is 2. The van der Waals surface area contributed by atoms with E-state index in [0.29, 0.717) is 23.8 Å². The largest absolute Gasteiger partial charge is 0.336 e. The van der Waals surface area contributed by atoms with E-state index in [4.69, 9.17) is 11.6 Å². The molecule has 114 valence electrons. The van der Waals surface area contributed by atoms with Gasteiger partial charge in [-0.2, -0.15) is 0 Å². The van der Waals surface area contributed by atoms with E-state index in [2.05, 4.69) is 15.6 Å². The van der Waals surface area contributed by atoms with Crippen molar-refractivity contribution in [2.45, 2.75) is 38.8 Å². The van der Waals surface area contributed by atoms with Gasteiger partial charge in [-0.15, -0.1) is 0 Å². The molecule has 7 heteroatoms. The number of aromatic nitrogens is 1. The molecule has 1 aromatic rings. The second kappa shape index (κ2) is 5.89. The molecule has 2 N–H and O–H groups in total. The fraction of sp³-hybridized carbons (Fsp3) is 0.500. The first kappa shape index (κ1) is 15.6. The SMILES string of the molecule is CC(C)(C)N1CC(NC(=O)Nc2ccc(Cl)cn2)CC1=O. The van der Waals surface area contributed by atoms with Crippen LogP contribution in [0.1, 0.15) is 27.2 Å². The lowest BCUT2D eigenvalue weighted by Gasteiger charge is -2.32. The number of halogens is 1. The van der Waals surface area contributed by atoms with Crippen molar-refractivity contribution >= 4 is 29.4 Å². The van der Waals surface area contributed by atoms with Crippen LogP contribution in [0.25, 0.3) is 0 Å². The summed E-state index contributed by atoms with van der Waals surface area (Å²) in [4.78, 5) is 29.6. The fourth-order valence-electron chi connectivity index (χ4n) is 2.24. The molecule has 1 aromatic heterocycles. The lowest BCUT2D eigenvalue weighted by atomic mass is 10.1. The summed E-state index contributed by atoms with van der Waals surface area (Å²) < 4.78 is 0. The summed E-state index contributed by atoms with van der Waals surface area (Å²) in [6.07, 6.45) is 1.77. The number of pyridine rings is 1. The van der Waals surface area contributed by atoms with Crippen LogP contribution >= 0.6 is 11.6 Å². The maximum absolute atomic E-state index is 11.9. The Morgan fingerprint density at radius 2 is 2.14 bits per heavy atom. The average molecular weight is 311 g/mol. The number of likely N-dealkylation sites (tertiary alicyclic amines) is 1. The van der Waals surface area contributed by atoms with Crippen LogP contribution < -0.4 is 10.6 Å². The van der Waals surface area contributed by atoms with Crippen molar-refractivity contribution in [2.24, 2.45) is 0 Å². The molecule has 0 bridgehead atoms. The van der Waals surface area contributed by atoms with Crippen LogP contribution in [0.15, 0.2) is 18.3 Å². The van der Waals surface area contributed by atoms with Crippen LogP contribution in [-0.4, -0.2) is 39.9 Å². The van der Waals surface area contributed by atoms with Gasteiger partial charge in [0.15, 0.2) is 0 Å². The van der Waals surface area contributed by atoms with Gasteiger partial charge in [0.1, 0.15) is 5.82 Å². The molecule has 21 heavy (non-hydrogen) atoms. The maximum atomic E-state index is 11.9. The van der Waals surface area contributed by atoms with Gasteiger partial charge >= 0.3 is 6.03 Å². The number of anilines is 1. The van der Waals surface area contributed by atoms with Gasteiger partial charge < -0.3 is 10.2 Å². The molecule has 2 heterocycles. The fourth-order valence-corrected chi connectivity index (χ4v) is 2.35. The van der Waals surface area contributed by atoms with Crippen molar-refractivity contribution in [3.63, 3.8) is 0 Å². The number of urea groups is 1. The highest BCUT2D eigenvalue weighted by Gasteiger charge is 2.36. The summed E-state index contributed by atoms with van der Waals surface area (Å²) in [5, 5.41) is 5.91. The number of amides is 3. The summed E-state index contributed by atoms with van der Waals surface area (Å²) in [6.45, 7) is 6.45. The van der Waals surface area contributed by atoms with Crippen LogP contribution in [0.2, 0.25) is 5.02 Å². The molecule has 0 aliphatic carbocycles. The summed E-state index contributed by atoms with van der Waals surface area (Å²) >= 11 is 5.73. The number of nitrogens with zero attached hydrogens (tertiary/aromatic N) is 2. The quantitative estimate of drug-likeness (QED) is 0.880. The first-order valence-electron chi connectivity index (χ1n) is 6.75. The van der Waals surface area contributed by atoms with Gasteiger partial charge in [-0.3, -0.25) is 10.1 Å².